The zero-order chi connectivity index (χ0) is 26.8. The van der Waals surface area contributed by atoms with E-state index >= 15 is 0 Å². The average Bonchev–Trinajstić information content (AvgIpc) is 2.84. The zero-order valence-corrected chi connectivity index (χ0v) is 19.5. The summed E-state index contributed by atoms with van der Waals surface area (Å²) in [5.74, 6) is -0.253. The van der Waals surface area contributed by atoms with Gasteiger partial charge in [0.05, 0.1) is 11.6 Å². The van der Waals surface area contributed by atoms with Crippen molar-refractivity contribution in [3.8, 4) is 11.5 Å². The largest absolute Gasteiger partial charge is 0.457 e. The first kappa shape index (κ1) is 26.9. The van der Waals surface area contributed by atoms with E-state index in [4.69, 9.17) is 4.74 Å². The lowest BCUT2D eigenvalue weighted by Crippen LogP contribution is -2.40. The quantitative estimate of drug-likeness (QED) is 0.322. The summed E-state index contributed by atoms with van der Waals surface area (Å²) in [5, 5.41) is 11.8. The van der Waals surface area contributed by atoms with Crippen LogP contribution in [-0.2, 0) is 19.0 Å². The maximum atomic E-state index is 14.7. The standard InChI is InChI=1S/C27H24F7NO2/c28-23-11-9-19(26(29,30)31)14-22(23)25(35-15-24(36)27(32,33)34)18-6-3-7-20(13-18)37-21-10-8-16-4-1-2-5-17(16)12-21/h3,6-14,24-25,35-36H,1-2,4-5,15H2. The molecule has 0 amide bonds. The first-order valence-electron chi connectivity index (χ1n) is 11.7. The van der Waals surface area contributed by atoms with Crippen molar-refractivity contribution in [1.29, 1.82) is 0 Å². The number of aliphatic hydroxyl groups is 1. The van der Waals surface area contributed by atoms with E-state index in [0.29, 0.717) is 23.9 Å². The number of benzene rings is 3. The van der Waals surface area contributed by atoms with Crippen molar-refractivity contribution >= 4 is 0 Å². The summed E-state index contributed by atoms with van der Waals surface area (Å²) < 4.78 is 99.3. The van der Waals surface area contributed by atoms with Crippen LogP contribution >= 0.6 is 0 Å². The Kier molecular flexibility index (Phi) is 7.80. The van der Waals surface area contributed by atoms with Gasteiger partial charge in [0.2, 0.25) is 0 Å². The molecule has 0 aliphatic heterocycles. The number of alkyl halides is 6. The summed E-state index contributed by atoms with van der Waals surface area (Å²) in [7, 11) is 0. The Morgan fingerprint density at radius 2 is 1.54 bits per heavy atom. The van der Waals surface area contributed by atoms with Gasteiger partial charge in [-0.05, 0) is 84.8 Å². The van der Waals surface area contributed by atoms with E-state index in [9.17, 15) is 35.8 Å². The molecule has 3 nitrogen and oxygen atoms in total. The minimum atomic E-state index is -4.97. The van der Waals surface area contributed by atoms with Crippen molar-refractivity contribution in [3.05, 3.63) is 94.3 Å². The predicted octanol–water partition coefficient (Wildman–Crippen LogP) is 7.12. The summed E-state index contributed by atoms with van der Waals surface area (Å²) in [6.07, 6.45) is -8.51. The molecule has 0 spiro atoms. The van der Waals surface area contributed by atoms with Crippen LogP contribution in [0.5, 0.6) is 11.5 Å². The van der Waals surface area contributed by atoms with Crippen LogP contribution < -0.4 is 10.1 Å². The summed E-state index contributed by atoms with van der Waals surface area (Å²) in [4.78, 5) is 0. The lowest BCUT2D eigenvalue weighted by molar-refractivity contribution is -0.202. The second kappa shape index (κ2) is 10.7. The molecule has 0 radical (unpaired) electrons. The fourth-order valence-corrected chi connectivity index (χ4v) is 4.36. The normalized spacial score (nSPS) is 15.7. The highest BCUT2D eigenvalue weighted by Crippen LogP contribution is 2.35. The molecule has 2 N–H and O–H groups in total. The SMILES string of the molecule is OC(CNC(c1cccc(Oc2ccc3c(c2)CCCC3)c1)c1cc(C(F)(F)F)ccc1F)C(F)(F)F. The maximum Gasteiger partial charge on any atom is 0.416 e. The van der Waals surface area contributed by atoms with Gasteiger partial charge in [-0.25, -0.2) is 4.39 Å². The number of rotatable bonds is 7. The van der Waals surface area contributed by atoms with Gasteiger partial charge in [-0.3, -0.25) is 0 Å². The molecule has 3 aromatic carbocycles. The summed E-state index contributed by atoms with van der Waals surface area (Å²) in [6.45, 7) is -1.07. The van der Waals surface area contributed by atoms with E-state index in [1.54, 1.807) is 12.1 Å². The van der Waals surface area contributed by atoms with Crippen molar-refractivity contribution in [2.75, 3.05) is 6.54 Å². The van der Waals surface area contributed by atoms with E-state index in [2.05, 4.69) is 5.32 Å². The fourth-order valence-electron chi connectivity index (χ4n) is 4.36. The van der Waals surface area contributed by atoms with Crippen molar-refractivity contribution in [1.82, 2.24) is 5.32 Å². The number of aryl methyl sites for hydroxylation is 2. The molecule has 4 rings (SSSR count). The molecular weight excluding hydrogens is 503 g/mol. The third-order valence-corrected chi connectivity index (χ3v) is 6.27. The molecule has 0 aromatic heterocycles. The summed E-state index contributed by atoms with van der Waals surface area (Å²) in [6, 6.07) is 11.9. The van der Waals surface area contributed by atoms with Crippen LogP contribution in [0.1, 0.15) is 46.7 Å². The molecule has 0 saturated heterocycles. The number of hydrogen-bond acceptors (Lipinski definition) is 3. The van der Waals surface area contributed by atoms with Gasteiger partial charge in [0.25, 0.3) is 0 Å². The average molecular weight is 527 g/mol. The molecule has 1 aliphatic rings. The van der Waals surface area contributed by atoms with Gasteiger partial charge in [-0.15, -0.1) is 0 Å². The first-order valence-corrected chi connectivity index (χ1v) is 11.7. The van der Waals surface area contributed by atoms with Gasteiger partial charge in [0.1, 0.15) is 17.3 Å². The van der Waals surface area contributed by atoms with Crippen LogP contribution in [0.4, 0.5) is 30.7 Å². The number of hydrogen-bond donors (Lipinski definition) is 2. The number of nitrogens with one attached hydrogen (secondary N) is 1. The number of fused-ring (bicyclic) bond motifs is 1. The smallest absolute Gasteiger partial charge is 0.416 e. The number of aliphatic hydroxyl groups excluding tert-OH is 1. The first-order chi connectivity index (χ1) is 17.4. The molecule has 2 atom stereocenters. The summed E-state index contributed by atoms with van der Waals surface area (Å²) >= 11 is 0. The van der Waals surface area contributed by atoms with Gasteiger partial charge in [0.15, 0.2) is 6.10 Å². The Labute approximate surface area is 208 Å². The Morgan fingerprint density at radius 3 is 2.24 bits per heavy atom. The Balaban J connectivity index is 1.67. The molecule has 2 unspecified atom stereocenters. The third-order valence-electron chi connectivity index (χ3n) is 6.27. The number of ether oxygens (including phenoxy) is 1. The molecular formula is C27H24F7NO2. The van der Waals surface area contributed by atoms with E-state index in [1.807, 2.05) is 12.1 Å². The Bertz CT molecular complexity index is 1240. The minimum absolute atomic E-state index is 0.156. The van der Waals surface area contributed by atoms with Crippen molar-refractivity contribution in [2.45, 2.75) is 50.2 Å². The van der Waals surface area contributed by atoms with Crippen LogP contribution in [0.25, 0.3) is 0 Å². The van der Waals surface area contributed by atoms with Gasteiger partial charge in [0, 0.05) is 12.1 Å². The minimum Gasteiger partial charge on any atom is -0.457 e. The molecule has 10 heteroatoms. The van der Waals surface area contributed by atoms with Crippen molar-refractivity contribution in [3.63, 3.8) is 0 Å². The molecule has 1 aliphatic carbocycles. The highest BCUT2D eigenvalue weighted by Gasteiger charge is 2.39. The highest BCUT2D eigenvalue weighted by molar-refractivity contribution is 5.43. The topological polar surface area (TPSA) is 41.5 Å². The van der Waals surface area contributed by atoms with Crippen LogP contribution in [0.2, 0.25) is 0 Å². The van der Waals surface area contributed by atoms with Gasteiger partial charge in [-0.1, -0.05) is 18.2 Å². The molecule has 0 saturated carbocycles. The Morgan fingerprint density at radius 1 is 0.838 bits per heavy atom. The van der Waals surface area contributed by atoms with Crippen molar-refractivity contribution < 1.29 is 40.6 Å². The van der Waals surface area contributed by atoms with E-state index in [0.717, 1.165) is 31.2 Å². The maximum absolute atomic E-state index is 14.7. The van der Waals surface area contributed by atoms with Crippen LogP contribution in [0.15, 0.2) is 60.7 Å². The second-order valence-corrected chi connectivity index (χ2v) is 8.94. The van der Waals surface area contributed by atoms with Crippen LogP contribution in [-0.4, -0.2) is 23.9 Å². The lowest BCUT2D eigenvalue weighted by atomic mass is 9.92. The van der Waals surface area contributed by atoms with Gasteiger partial charge < -0.3 is 15.2 Å². The van der Waals surface area contributed by atoms with Crippen LogP contribution in [0, 0.1) is 5.82 Å². The van der Waals surface area contributed by atoms with Gasteiger partial charge in [-0.2, -0.15) is 26.3 Å². The zero-order valence-electron chi connectivity index (χ0n) is 19.5. The molecule has 0 fully saturated rings. The third kappa shape index (κ3) is 6.61. The summed E-state index contributed by atoms with van der Waals surface area (Å²) in [5.41, 5.74) is 0.873. The van der Waals surface area contributed by atoms with E-state index in [-0.39, 0.29) is 11.3 Å². The fraction of sp³-hybridized carbons (Fsp3) is 0.333. The van der Waals surface area contributed by atoms with E-state index in [1.165, 1.54) is 23.8 Å². The van der Waals surface area contributed by atoms with Crippen molar-refractivity contribution in [2.24, 2.45) is 0 Å². The monoisotopic (exact) mass is 527 g/mol. The Hall–Kier alpha value is -3.11. The lowest BCUT2D eigenvalue weighted by Gasteiger charge is -2.24. The molecule has 0 bridgehead atoms. The number of halogens is 7. The molecule has 37 heavy (non-hydrogen) atoms. The molecule has 198 valence electrons. The second-order valence-electron chi connectivity index (χ2n) is 8.94. The molecule has 3 aromatic rings. The highest BCUT2D eigenvalue weighted by atomic mass is 19.4. The van der Waals surface area contributed by atoms with Gasteiger partial charge >= 0.3 is 12.4 Å². The molecule has 0 heterocycles. The van der Waals surface area contributed by atoms with Crippen LogP contribution in [0.3, 0.4) is 0 Å². The predicted molar refractivity (Wildman–Crippen MR) is 123 cm³/mol. The van der Waals surface area contributed by atoms with E-state index < -0.39 is 48.0 Å².